The van der Waals surface area contributed by atoms with Gasteiger partial charge in [0.25, 0.3) is 0 Å². The van der Waals surface area contributed by atoms with E-state index in [4.69, 9.17) is 16.9 Å². The third kappa shape index (κ3) is 2.87. The van der Waals surface area contributed by atoms with Gasteiger partial charge in [-0.1, -0.05) is 41.9 Å². The molecule has 23 heavy (non-hydrogen) atoms. The van der Waals surface area contributed by atoms with E-state index in [1.54, 1.807) is 18.2 Å². The Morgan fingerprint density at radius 3 is 2.43 bits per heavy atom. The molecular weight excluding hydrogens is 312 g/mol. The molecule has 2 N–H and O–H groups in total. The van der Waals surface area contributed by atoms with Crippen LogP contribution in [0.1, 0.15) is 16.8 Å². The molecule has 2 aromatic carbocycles. The fourth-order valence-electron chi connectivity index (χ4n) is 2.50. The monoisotopic (exact) mass is 324 g/mol. The topological polar surface area (TPSA) is 69.2 Å². The Kier molecular flexibility index (Phi) is 3.96. The number of nitrogens with zero attached hydrogens (tertiary/aromatic N) is 2. The lowest BCUT2D eigenvalue weighted by molar-refractivity contribution is 0.440. The normalized spacial score (nSPS) is 10.4. The van der Waals surface area contributed by atoms with Crippen molar-refractivity contribution in [1.29, 1.82) is 5.26 Å². The summed E-state index contributed by atoms with van der Waals surface area (Å²) < 4.78 is 1.52. The summed E-state index contributed by atoms with van der Waals surface area (Å²) in [6.07, 6.45) is 0.449. The molecule has 0 aliphatic carbocycles. The first-order valence-corrected chi connectivity index (χ1v) is 7.34. The first-order valence-electron chi connectivity index (χ1n) is 6.96. The van der Waals surface area contributed by atoms with Gasteiger partial charge in [-0.2, -0.15) is 5.26 Å². The highest BCUT2D eigenvalue weighted by molar-refractivity contribution is 6.31. The fourth-order valence-corrected chi connectivity index (χ4v) is 2.72. The molecule has 3 rings (SSSR count). The number of aromatic nitrogens is 1. The molecule has 1 heterocycles. The second kappa shape index (κ2) is 6.07. The van der Waals surface area contributed by atoms with E-state index < -0.39 is 0 Å². The third-order valence-electron chi connectivity index (χ3n) is 3.61. The third-order valence-corrected chi connectivity index (χ3v) is 3.92. The maximum absolute atomic E-state index is 10.2. The van der Waals surface area contributed by atoms with Crippen LogP contribution < -0.4 is 0 Å². The molecule has 0 unspecified atom stereocenters. The van der Waals surface area contributed by atoms with Crippen LogP contribution in [0.3, 0.4) is 0 Å². The molecule has 0 fully saturated rings. The van der Waals surface area contributed by atoms with Gasteiger partial charge in [0.2, 0.25) is 0 Å². The molecule has 0 amide bonds. The summed E-state index contributed by atoms with van der Waals surface area (Å²) in [7, 11) is 0. The largest absolute Gasteiger partial charge is 0.506 e. The summed E-state index contributed by atoms with van der Waals surface area (Å²) in [4.78, 5) is 0. The van der Waals surface area contributed by atoms with E-state index in [9.17, 15) is 10.2 Å². The molecule has 0 bridgehead atoms. The molecule has 0 saturated heterocycles. The second-order valence-electron chi connectivity index (χ2n) is 5.11. The molecule has 0 atom stereocenters. The second-order valence-corrected chi connectivity index (χ2v) is 5.52. The maximum atomic E-state index is 10.2. The number of rotatable bonds is 3. The fraction of sp³-hybridized carbons (Fsp3) is 0.0556. The van der Waals surface area contributed by atoms with Gasteiger partial charge < -0.3 is 10.2 Å². The standard InChI is InChI=1S/C18H13ClN2O2/c19-15-9-14(7-6-13(15)11-20)21-16(17(22)10-18(21)23)8-12-4-2-1-3-5-12/h1-7,9-10,22-23H,8H2. The van der Waals surface area contributed by atoms with Gasteiger partial charge in [-0.05, 0) is 23.8 Å². The van der Waals surface area contributed by atoms with Crippen LogP contribution in [0.4, 0.5) is 0 Å². The van der Waals surface area contributed by atoms with Crippen LogP contribution in [-0.2, 0) is 6.42 Å². The van der Waals surface area contributed by atoms with Gasteiger partial charge in [-0.25, -0.2) is 0 Å². The number of hydrogen-bond donors (Lipinski definition) is 2. The minimum absolute atomic E-state index is 0.00633. The van der Waals surface area contributed by atoms with Gasteiger partial charge >= 0.3 is 0 Å². The number of hydrogen-bond acceptors (Lipinski definition) is 3. The zero-order valence-corrected chi connectivity index (χ0v) is 12.8. The number of aromatic hydroxyl groups is 2. The first kappa shape index (κ1) is 15.0. The van der Waals surface area contributed by atoms with Crippen LogP contribution in [-0.4, -0.2) is 14.8 Å². The summed E-state index contributed by atoms with van der Waals surface area (Å²) in [6, 6.07) is 17.8. The summed E-state index contributed by atoms with van der Waals surface area (Å²) in [5.41, 5.74) is 2.49. The van der Waals surface area contributed by atoms with Crippen LogP contribution in [0.25, 0.3) is 5.69 Å². The van der Waals surface area contributed by atoms with E-state index in [-0.39, 0.29) is 11.6 Å². The first-order chi connectivity index (χ1) is 11.1. The highest BCUT2D eigenvalue weighted by Crippen LogP contribution is 2.33. The van der Waals surface area contributed by atoms with E-state index in [1.165, 1.54) is 10.6 Å². The Hall–Kier alpha value is -2.90. The molecule has 0 aliphatic heterocycles. The zero-order valence-electron chi connectivity index (χ0n) is 12.1. The Morgan fingerprint density at radius 1 is 1.04 bits per heavy atom. The average Bonchev–Trinajstić information content (AvgIpc) is 2.82. The molecule has 114 valence electrons. The highest BCUT2D eigenvalue weighted by atomic mass is 35.5. The van der Waals surface area contributed by atoms with Crippen LogP contribution >= 0.6 is 11.6 Å². The van der Waals surface area contributed by atoms with E-state index in [0.29, 0.717) is 28.4 Å². The molecule has 3 aromatic rings. The van der Waals surface area contributed by atoms with Gasteiger partial charge in [0.05, 0.1) is 22.0 Å². The minimum Gasteiger partial charge on any atom is -0.506 e. The molecule has 5 heteroatoms. The van der Waals surface area contributed by atoms with Gasteiger partial charge in [0, 0.05) is 12.5 Å². The van der Waals surface area contributed by atoms with Gasteiger partial charge in [0.1, 0.15) is 11.8 Å². The number of nitriles is 1. The van der Waals surface area contributed by atoms with Crippen molar-refractivity contribution in [3.05, 3.63) is 76.4 Å². The zero-order chi connectivity index (χ0) is 16.4. The van der Waals surface area contributed by atoms with Gasteiger partial charge in [-0.15, -0.1) is 0 Å². The maximum Gasteiger partial charge on any atom is 0.199 e. The summed E-state index contributed by atoms with van der Waals surface area (Å²) in [5, 5.41) is 29.5. The smallest absolute Gasteiger partial charge is 0.199 e. The minimum atomic E-state index is -0.0887. The van der Waals surface area contributed by atoms with E-state index >= 15 is 0 Å². The van der Waals surface area contributed by atoms with E-state index in [1.807, 2.05) is 36.4 Å². The molecule has 4 nitrogen and oxygen atoms in total. The van der Waals surface area contributed by atoms with Crippen LogP contribution in [0.2, 0.25) is 5.02 Å². The molecule has 0 aliphatic rings. The van der Waals surface area contributed by atoms with Crippen LogP contribution in [0.15, 0.2) is 54.6 Å². The molecular formula is C18H13ClN2O2. The molecule has 1 aromatic heterocycles. The number of halogens is 1. The molecule has 0 spiro atoms. The quantitative estimate of drug-likeness (QED) is 0.765. The molecule has 0 saturated carbocycles. The van der Waals surface area contributed by atoms with Crippen molar-refractivity contribution in [2.75, 3.05) is 0 Å². The molecule has 0 radical (unpaired) electrons. The summed E-state index contributed by atoms with van der Waals surface area (Å²) in [5.74, 6) is -0.0824. The predicted octanol–water partition coefficient (Wildman–Crippen LogP) is 4.00. The van der Waals surface area contributed by atoms with Gasteiger partial charge in [0.15, 0.2) is 5.88 Å². The van der Waals surface area contributed by atoms with Crippen LogP contribution in [0, 0.1) is 11.3 Å². The Balaban J connectivity index is 2.09. The van der Waals surface area contributed by atoms with Crippen molar-refractivity contribution in [1.82, 2.24) is 4.57 Å². The van der Waals surface area contributed by atoms with Crippen molar-refractivity contribution >= 4 is 11.6 Å². The lowest BCUT2D eigenvalue weighted by atomic mass is 10.1. The van der Waals surface area contributed by atoms with Crippen LogP contribution in [0.5, 0.6) is 11.6 Å². The lowest BCUT2D eigenvalue weighted by Gasteiger charge is -2.12. The van der Waals surface area contributed by atoms with Crippen molar-refractivity contribution in [2.24, 2.45) is 0 Å². The Bertz CT molecular complexity index is 895. The van der Waals surface area contributed by atoms with Crippen molar-refractivity contribution in [3.63, 3.8) is 0 Å². The van der Waals surface area contributed by atoms with E-state index in [0.717, 1.165) is 5.56 Å². The SMILES string of the molecule is N#Cc1ccc(-n2c(O)cc(O)c2Cc2ccccc2)cc1Cl. The van der Waals surface area contributed by atoms with Gasteiger partial charge in [-0.3, -0.25) is 4.57 Å². The Labute approximate surface area is 138 Å². The number of benzene rings is 2. The Morgan fingerprint density at radius 2 is 1.78 bits per heavy atom. The van der Waals surface area contributed by atoms with Crippen molar-refractivity contribution in [3.8, 4) is 23.4 Å². The summed E-state index contributed by atoms with van der Waals surface area (Å²) in [6.45, 7) is 0. The van der Waals surface area contributed by atoms with Crippen molar-refractivity contribution < 1.29 is 10.2 Å². The average molecular weight is 325 g/mol. The van der Waals surface area contributed by atoms with Crippen molar-refractivity contribution in [2.45, 2.75) is 6.42 Å². The lowest BCUT2D eigenvalue weighted by Crippen LogP contribution is -2.01. The highest BCUT2D eigenvalue weighted by Gasteiger charge is 2.17. The predicted molar refractivity (Wildman–Crippen MR) is 88.1 cm³/mol. The summed E-state index contributed by atoms with van der Waals surface area (Å²) >= 11 is 6.07. The van der Waals surface area contributed by atoms with E-state index in [2.05, 4.69) is 0 Å².